The van der Waals surface area contributed by atoms with Crippen LogP contribution in [-0.4, -0.2) is 23.6 Å². The molecule has 0 amide bonds. The van der Waals surface area contributed by atoms with Crippen molar-refractivity contribution < 1.29 is 0 Å². The third kappa shape index (κ3) is 3.39. The van der Waals surface area contributed by atoms with Gasteiger partial charge in [-0.05, 0) is 43.4 Å². The molecule has 88 valence electrons. The molecule has 4 unspecified atom stereocenters. The van der Waals surface area contributed by atoms with Crippen LogP contribution in [0.15, 0.2) is 0 Å². The Morgan fingerprint density at radius 2 is 2.07 bits per heavy atom. The Hall–Kier alpha value is 0.310. The number of rotatable bonds is 3. The van der Waals surface area contributed by atoms with Gasteiger partial charge in [-0.25, -0.2) is 0 Å². The molecule has 1 saturated heterocycles. The molecule has 2 heteroatoms. The van der Waals surface area contributed by atoms with Gasteiger partial charge in [0.15, 0.2) is 0 Å². The largest absolute Gasteiger partial charge is 0.313 e. The average Bonchev–Trinajstić information content (AvgIpc) is 2.61. The molecule has 2 fully saturated rings. The van der Waals surface area contributed by atoms with Crippen LogP contribution in [-0.2, 0) is 0 Å². The molecule has 0 aromatic heterocycles. The molecule has 1 saturated carbocycles. The molecule has 1 aliphatic heterocycles. The molecule has 0 radical (unpaired) electrons. The molecule has 1 nitrogen and oxygen atoms in total. The summed E-state index contributed by atoms with van der Waals surface area (Å²) >= 11 is 2.13. The fourth-order valence-electron chi connectivity index (χ4n) is 3.06. The van der Waals surface area contributed by atoms with Crippen molar-refractivity contribution in [1.29, 1.82) is 0 Å². The van der Waals surface area contributed by atoms with Crippen LogP contribution in [0.25, 0.3) is 0 Å². The van der Waals surface area contributed by atoms with Crippen LogP contribution in [0.2, 0.25) is 0 Å². The number of hydrogen-bond acceptors (Lipinski definition) is 2. The summed E-state index contributed by atoms with van der Waals surface area (Å²) in [5.74, 6) is 3.30. The second kappa shape index (κ2) is 5.58. The summed E-state index contributed by atoms with van der Waals surface area (Å²) in [5.41, 5.74) is 0. The van der Waals surface area contributed by atoms with Crippen molar-refractivity contribution in [2.75, 3.05) is 12.3 Å². The molecule has 15 heavy (non-hydrogen) atoms. The molecule has 0 aromatic rings. The van der Waals surface area contributed by atoms with Crippen molar-refractivity contribution in [1.82, 2.24) is 5.32 Å². The summed E-state index contributed by atoms with van der Waals surface area (Å²) < 4.78 is 0. The highest BCUT2D eigenvalue weighted by Crippen LogP contribution is 2.30. The van der Waals surface area contributed by atoms with Gasteiger partial charge in [0.25, 0.3) is 0 Å². The second-order valence-electron chi connectivity index (χ2n) is 5.52. The van der Waals surface area contributed by atoms with Gasteiger partial charge in [-0.2, -0.15) is 11.8 Å². The van der Waals surface area contributed by atoms with Gasteiger partial charge < -0.3 is 5.32 Å². The fourth-order valence-corrected chi connectivity index (χ4v) is 4.29. The minimum Gasteiger partial charge on any atom is -0.313 e. The maximum atomic E-state index is 3.80. The zero-order valence-corrected chi connectivity index (χ0v) is 11.0. The smallest absolute Gasteiger partial charge is 0.0191 e. The molecule has 0 aromatic carbocycles. The van der Waals surface area contributed by atoms with Crippen molar-refractivity contribution in [3.8, 4) is 0 Å². The first-order valence-electron chi connectivity index (χ1n) is 6.60. The van der Waals surface area contributed by atoms with Crippen molar-refractivity contribution in [2.24, 2.45) is 11.8 Å². The van der Waals surface area contributed by atoms with Gasteiger partial charge in [0.05, 0.1) is 0 Å². The van der Waals surface area contributed by atoms with Gasteiger partial charge in [0.2, 0.25) is 0 Å². The third-order valence-electron chi connectivity index (χ3n) is 4.09. The quantitative estimate of drug-likeness (QED) is 0.794. The minimum atomic E-state index is 0.798. The van der Waals surface area contributed by atoms with E-state index >= 15 is 0 Å². The highest BCUT2D eigenvalue weighted by Gasteiger charge is 2.25. The first-order chi connectivity index (χ1) is 7.25. The average molecular weight is 227 g/mol. The lowest BCUT2D eigenvalue weighted by atomic mass is 9.82. The monoisotopic (exact) mass is 227 g/mol. The van der Waals surface area contributed by atoms with Gasteiger partial charge in [0.1, 0.15) is 0 Å². The lowest BCUT2D eigenvalue weighted by molar-refractivity contribution is 0.266. The van der Waals surface area contributed by atoms with Crippen LogP contribution in [0, 0.1) is 11.8 Å². The minimum absolute atomic E-state index is 0.798. The summed E-state index contributed by atoms with van der Waals surface area (Å²) in [6.07, 6.45) is 7.23. The van der Waals surface area contributed by atoms with Crippen LogP contribution < -0.4 is 5.32 Å². The zero-order valence-electron chi connectivity index (χ0n) is 10.2. The predicted molar refractivity (Wildman–Crippen MR) is 69.4 cm³/mol. The number of nitrogens with one attached hydrogen (secondary N) is 1. The van der Waals surface area contributed by atoms with E-state index in [9.17, 15) is 0 Å². The van der Waals surface area contributed by atoms with E-state index in [1.54, 1.807) is 0 Å². The lowest BCUT2D eigenvalue weighted by Gasteiger charge is -2.28. The predicted octanol–water partition coefficient (Wildman–Crippen LogP) is 3.30. The van der Waals surface area contributed by atoms with E-state index in [4.69, 9.17) is 0 Å². The van der Waals surface area contributed by atoms with E-state index in [-0.39, 0.29) is 0 Å². The van der Waals surface area contributed by atoms with Crippen LogP contribution in [0.3, 0.4) is 0 Å². The SMILES string of the molecule is CC1CCCC(CNC2CCSC2C)C1. The maximum absolute atomic E-state index is 3.80. The normalized spacial score (nSPS) is 42.0. The summed E-state index contributed by atoms with van der Waals surface area (Å²) in [7, 11) is 0. The van der Waals surface area contributed by atoms with Crippen LogP contribution in [0.4, 0.5) is 0 Å². The lowest BCUT2D eigenvalue weighted by Crippen LogP contribution is -2.37. The second-order valence-corrected chi connectivity index (χ2v) is 7.00. The Kier molecular flexibility index (Phi) is 4.39. The molecular weight excluding hydrogens is 202 g/mol. The maximum Gasteiger partial charge on any atom is 0.0191 e. The number of thioether (sulfide) groups is 1. The van der Waals surface area contributed by atoms with Crippen LogP contribution in [0.5, 0.6) is 0 Å². The van der Waals surface area contributed by atoms with E-state index < -0.39 is 0 Å². The van der Waals surface area contributed by atoms with Crippen LogP contribution in [0.1, 0.15) is 46.0 Å². The number of hydrogen-bond donors (Lipinski definition) is 1. The molecule has 1 N–H and O–H groups in total. The molecular formula is C13H25NS. The molecule has 0 spiro atoms. The van der Waals surface area contributed by atoms with Gasteiger partial charge >= 0.3 is 0 Å². The van der Waals surface area contributed by atoms with E-state index in [1.807, 2.05) is 0 Å². The zero-order chi connectivity index (χ0) is 10.7. The van der Waals surface area contributed by atoms with E-state index in [0.29, 0.717) is 0 Å². The van der Waals surface area contributed by atoms with Crippen molar-refractivity contribution in [3.05, 3.63) is 0 Å². The summed E-state index contributed by atoms with van der Waals surface area (Å²) in [4.78, 5) is 0. The van der Waals surface area contributed by atoms with Crippen molar-refractivity contribution >= 4 is 11.8 Å². The van der Waals surface area contributed by atoms with Crippen molar-refractivity contribution in [2.45, 2.75) is 57.2 Å². The Balaban J connectivity index is 1.68. The molecule has 1 heterocycles. The van der Waals surface area contributed by atoms with Gasteiger partial charge in [-0.1, -0.05) is 26.7 Å². The summed E-state index contributed by atoms with van der Waals surface area (Å²) in [6.45, 7) is 6.07. The van der Waals surface area contributed by atoms with E-state index in [2.05, 4.69) is 30.9 Å². The fraction of sp³-hybridized carbons (Fsp3) is 1.00. The Morgan fingerprint density at radius 3 is 2.73 bits per heavy atom. The molecule has 4 atom stereocenters. The summed E-state index contributed by atoms with van der Waals surface area (Å²) in [5, 5.41) is 4.64. The summed E-state index contributed by atoms with van der Waals surface area (Å²) in [6, 6.07) is 0.798. The van der Waals surface area contributed by atoms with Gasteiger partial charge in [0, 0.05) is 11.3 Å². The third-order valence-corrected chi connectivity index (χ3v) is 5.42. The van der Waals surface area contributed by atoms with E-state index in [0.717, 1.165) is 23.1 Å². The first kappa shape index (κ1) is 11.8. The first-order valence-corrected chi connectivity index (χ1v) is 7.65. The van der Waals surface area contributed by atoms with Crippen molar-refractivity contribution in [3.63, 3.8) is 0 Å². The van der Waals surface area contributed by atoms with Gasteiger partial charge in [-0.3, -0.25) is 0 Å². The Labute approximate surface area is 98.8 Å². The molecule has 2 aliphatic rings. The highest BCUT2D eigenvalue weighted by atomic mass is 32.2. The van der Waals surface area contributed by atoms with Crippen LogP contribution >= 0.6 is 11.8 Å². The highest BCUT2D eigenvalue weighted by molar-refractivity contribution is 8.00. The van der Waals surface area contributed by atoms with Gasteiger partial charge in [-0.15, -0.1) is 0 Å². The Bertz CT molecular complexity index is 195. The standard InChI is InChI=1S/C13H25NS/c1-10-4-3-5-12(8-10)9-14-13-6-7-15-11(13)2/h10-14H,3-9H2,1-2H3. The topological polar surface area (TPSA) is 12.0 Å². The Morgan fingerprint density at radius 1 is 1.20 bits per heavy atom. The molecule has 2 rings (SSSR count). The molecule has 1 aliphatic carbocycles. The molecule has 0 bridgehead atoms. The van der Waals surface area contributed by atoms with E-state index in [1.165, 1.54) is 44.4 Å².